The molecule has 0 aliphatic carbocycles. The fourth-order valence-electron chi connectivity index (χ4n) is 5.08. The first-order valence-corrected chi connectivity index (χ1v) is 13.6. The monoisotopic (exact) mass is 448 g/mol. The van der Waals surface area contributed by atoms with Crippen LogP contribution in [0.3, 0.4) is 0 Å². The predicted octanol–water partition coefficient (Wildman–Crippen LogP) is 5.14. The van der Waals surface area contributed by atoms with E-state index in [0.29, 0.717) is 23.9 Å². The summed E-state index contributed by atoms with van der Waals surface area (Å²) in [5, 5.41) is 8.82. The third-order valence-corrected chi connectivity index (χ3v) is 7.80. The Balaban J connectivity index is 1.76. The van der Waals surface area contributed by atoms with Gasteiger partial charge in [-0.2, -0.15) is 0 Å². The van der Waals surface area contributed by atoms with Crippen molar-refractivity contribution in [2.45, 2.75) is 111 Å². The van der Waals surface area contributed by atoms with E-state index in [1.54, 1.807) is 0 Å². The van der Waals surface area contributed by atoms with Crippen molar-refractivity contribution >= 4 is 11.9 Å². The highest BCUT2D eigenvalue weighted by Gasteiger charge is 2.37. The van der Waals surface area contributed by atoms with Gasteiger partial charge in [-0.05, 0) is 37.5 Å². The van der Waals surface area contributed by atoms with Gasteiger partial charge < -0.3 is 20.4 Å². The predicted molar refractivity (Wildman–Crippen MR) is 138 cm³/mol. The van der Waals surface area contributed by atoms with Crippen LogP contribution in [-0.4, -0.2) is 71.4 Å². The first-order chi connectivity index (χ1) is 15.4. The maximum absolute atomic E-state index is 8.82. The highest BCUT2D eigenvalue weighted by atomic mass is 15.4. The number of nitrogens with two attached hydrogens (primary N) is 1. The molecule has 1 fully saturated rings. The van der Waals surface area contributed by atoms with E-state index in [1.807, 2.05) is 0 Å². The highest BCUT2D eigenvalue weighted by molar-refractivity contribution is 5.80. The van der Waals surface area contributed by atoms with Gasteiger partial charge in [0.1, 0.15) is 0 Å². The van der Waals surface area contributed by atoms with E-state index in [2.05, 4.69) is 54.3 Å². The molecule has 0 saturated carbocycles. The maximum Gasteiger partial charge on any atom is 0.194 e. The van der Waals surface area contributed by atoms with Crippen molar-refractivity contribution in [1.29, 1.82) is 5.41 Å². The molecule has 0 spiro atoms. The molecule has 0 aromatic rings. The first kappa shape index (κ1) is 26.8. The number of hydrogen-bond acceptors (Lipinski definition) is 4. The summed E-state index contributed by atoms with van der Waals surface area (Å²) in [7, 11) is 0. The number of aliphatic imine (C=N–C) groups is 1. The lowest BCUT2D eigenvalue weighted by atomic mass is 9.97. The Morgan fingerprint density at radius 2 is 1.69 bits per heavy atom. The van der Waals surface area contributed by atoms with Gasteiger partial charge in [0.25, 0.3) is 0 Å². The molecule has 0 radical (unpaired) electrons. The Labute approximate surface area is 198 Å². The van der Waals surface area contributed by atoms with Crippen LogP contribution in [0.25, 0.3) is 0 Å². The molecular weight excluding hydrogens is 396 g/mol. The largest absolute Gasteiger partial charge is 0.370 e. The van der Waals surface area contributed by atoms with Crippen LogP contribution in [-0.2, 0) is 0 Å². The molecule has 4 atom stereocenters. The summed E-state index contributed by atoms with van der Waals surface area (Å²) in [6.45, 7) is 16.4. The lowest BCUT2D eigenvalue weighted by Gasteiger charge is -2.31. The molecule has 6 heteroatoms. The fourth-order valence-corrected chi connectivity index (χ4v) is 5.08. The van der Waals surface area contributed by atoms with E-state index in [4.69, 9.17) is 11.1 Å². The molecule has 3 N–H and O–H groups in total. The molecule has 2 aliphatic rings. The number of guanidine groups is 2. The molecule has 32 heavy (non-hydrogen) atoms. The third-order valence-electron chi connectivity index (χ3n) is 7.80. The van der Waals surface area contributed by atoms with Crippen LogP contribution in [0.5, 0.6) is 0 Å². The lowest BCUT2D eigenvalue weighted by molar-refractivity contribution is 0.230. The second-order valence-electron chi connectivity index (χ2n) is 10.3. The first-order valence-electron chi connectivity index (χ1n) is 13.6. The molecule has 0 bridgehead atoms. The van der Waals surface area contributed by atoms with Gasteiger partial charge in [0.15, 0.2) is 11.9 Å². The third kappa shape index (κ3) is 7.55. The number of nitrogens with zero attached hydrogens (tertiary/aromatic N) is 4. The van der Waals surface area contributed by atoms with Crippen LogP contribution in [0.2, 0.25) is 0 Å². The molecule has 6 nitrogen and oxygen atoms in total. The van der Waals surface area contributed by atoms with E-state index in [9.17, 15) is 0 Å². The second kappa shape index (κ2) is 13.9. The minimum atomic E-state index is 0.481. The number of rotatable bonds is 16. The van der Waals surface area contributed by atoms with Gasteiger partial charge in [-0.15, -0.1) is 0 Å². The Morgan fingerprint density at radius 1 is 0.969 bits per heavy atom. The summed E-state index contributed by atoms with van der Waals surface area (Å²) < 4.78 is 0. The molecule has 0 aromatic heterocycles. The highest BCUT2D eigenvalue weighted by Crippen LogP contribution is 2.26. The van der Waals surface area contributed by atoms with E-state index in [-0.39, 0.29) is 0 Å². The zero-order valence-electron chi connectivity index (χ0n) is 21.8. The van der Waals surface area contributed by atoms with Crippen molar-refractivity contribution in [2.24, 2.45) is 22.6 Å². The molecule has 0 amide bonds. The van der Waals surface area contributed by atoms with Crippen molar-refractivity contribution in [1.82, 2.24) is 14.7 Å². The average Bonchev–Trinajstić information content (AvgIpc) is 3.30. The maximum atomic E-state index is 8.82. The summed E-state index contributed by atoms with van der Waals surface area (Å²) in [5.41, 5.74) is 6.19. The van der Waals surface area contributed by atoms with Crippen molar-refractivity contribution in [3.05, 3.63) is 0 Å². The molecular formula is C26H52N6. The van der Waals surface area contributed by atoms with Gasteiger partial charge >= 0.3 is 0 Å². The second-order valence-corrected chi connectivity index (χ2v) is 10.3. The van der Waals surface area contributed by atoms with Crippen LogP contribution in [0.4, 0.5) is 0 Å². The zero-order valence-corrected chi connectivity index (χ0v) is 21.8. The standard InChI is InChI=1S/C26H52N6/c1-6-9-10-11-13-17-31-23(18-29-25(31)27)15-12-14-16-30-20-24(22(5)8-3)32(26(30)28)19-21(4)7-2/h21-24,28H,6-20H2,1-5H3,(H2,27,29)/t21?,22?,23-,24?/m0/s1. The Bertz CT molecular complexity index is 577. The minimum Gasteiger partial charge on any atom is -0.370 e. The van der Waals surface area contributed by atoms with Crippen molar-refractivity contribution in [2.75, 3.05) is 32.7 Å². The zero-order chi connectivity index (χ0) is 23.5. The van der Waals surface area contributed by atoms with Crippen LogP contribution in [0, 0.1) is 17.2 Å². The summed E-state index contributed by atoms with van der Waals surface area (Å²) in [6, 6.07) is 0.974. The van der Waals surface area contributed by atoms with Gasteiger partial charge in [0.2, 0.25) is 0 Å². The summed E-state index contributed by atoms with van der Waals surface area (Å²) in [6.07, 6.45) is 12.3. The average molecular weight is 449 g/mol. The van der Waals surface area contributed by atoms with Crippen LogP contribution in [0.1, 0.15) is 98.8 Å². The Kier molecular flexibility index (Phi) is 11.7. The van der Waals surface area contributed by atoms with Crippen molar-refractivity contribution in [3.8, 4) is 0 Å². The molecule has 1 saturated heterocycles. The van der Waals surface area contributed by atoms with Crippen LogP contribution < -0.4 is 5.73 Å². The summed E-state index contributed by atoms with van der Waals surface area (Å²) in [4.78, 5) is 11.6. The van der Waals surface area contributed by atoms with Crippen molar-refractivity contribution in [3.63, 3.8) is 0 Å². The van der Waals surface area contributed by atoms with Gasteiger partial charge in [-0.1, -0.05) is 73.1 Å². The molecule has 3 unspecified atom stereocenters. The molecule has 2 rings (SSSR count). The summed E-state index contributed by atoms with van der Waals surface area (Å²) >= 11 is 0. The topological polar surface area (TPSA) is 72.0 Å². The Hall–Kier alpha value is -1.46. The van der Waals surface area contributed by atoms with E-state index in [1.165, 1.54) is 51.4 Å². The SMILES string of the molecule is CCCCCCCN1C(N)=NC[C@@H]1CCCCN1CC(C(C)CC)N(CC(C)CC)C1=N. The Morgan fingerprint density at radius 3 is 2.38 bits per heavy atom. The number of nitrogens with one attached hydrogen (secondary N) is 1. The van der Waals surface area contributed by atoms with Crippen LogP contribution >= 0.6 is 0 Å². The normalized spacial score (nSPS) is 23.2. The molecule has 2 heterocycles. The van der Waals surface area contributed by atoms with E-state index < -0.39 is 0 Å². The fraction of sp³-hybridized carbons (Fsp3) is 0.923. The van der Waals surface area contributed by atoms with E-state index in [0.717, 1.165) is 57.5 Å². The van der Waals surface area contributed by atoms with Gasteiger partial charge in [0.05, 0.1) is 18.6 Å². The lowest BCUT2D eigenvalue weighted by Crippen LogP contribution is -2.41. The van der Waals surface area contributed by atoms with Gasteiger partial charge in [0, 0.05) is 26.2 Å². The minimum absolute atomic E-state index is 0.481. The number of unbranched alkanes of at least 4 members (excludes halogenated alkanes) is 5. The van der Waals surface area contributed by atoms with Crippen LogP contribution in [0.15, 0.2) is 4.99 Å². The molecule has 0 aromatic carbocycles. The van der Waals surface area contributed by atoms with Gasteiger partial charge in [-0.3, -0.25) is 10.4 Å². The summed E-state index contributed by atoms with van der Waals surface area (Å²) in [5.74, 6) is 2.79. The number of hydrogen-bond donors (Lipinski definition) is 2. The van der Waals surface area contributed by atoms with Crippen molar-refractivity contribution < 1.29 is 0 Å². The van der Waals surface area contributed by atoms with Gasteiger partial charge in [-0.25, -0.2) is 0 Å². The quantitative estimate of drug-likeness (QED) is 0.321. The molecule has 186 valence electrons. The molecule has 2 aliphatic heterocycles. The van der Waals surface area contributed by atoms with E-state index >= 15 is 0 Å². The smallest absolute Gasteiger partial charge is 0.194 e.